The van der Waals surface area contributed by atoms with Crippen molar-refractivity contribution in [1.29, 1.82) is 0 Å². The average molecular weight is 457 g/mol. The van der Waals surface area contributed by atoms with Crippen LogP contribution in [0.3, 0.4) is 0 Å². The lowest BCUT2D eigenvalue weighted by molar-refractivity contribution is 0.103. The van der Waals surface area contributed by atoms with Gasteiger partial charge in [0.25, 0.3) is 5.56 Å². The van der Waals surface area contributed by atoms with Gasteiger partial charge >= 0.3 is 0 Å². The molecule has 0 saturated carbocycles. The van der Waals surface area contributed by atoms with Gasteiger partial charge in [-0.1, -0.05) is 31.9 Å². The summed E-state index contributed by atoms with van der Waals surface area (Å²) in [5.41, 5.74) is 4.14. The lowest BCUT2D eigenvalue weighted by atomic mass is 9.89. The van der Waals surface area contributed by atoms with Gasteiger partial charge in [0, 0.05) is 47.8 Å². The SMILES string of the molecule is CCSCc1ccc(C(=O)c2ccc(F)cc2)c(-c2cn(C)c(=O)cc2C(C)NS)c1. The molecule has 0 spiro atoms. The molecule has 31 heavy (non-hydrogen) atoms. The number of rotatable bonds is 8. The number of benzene rings is 2. The normalized spacial score (nSPS) is 12.0. The van der Waals surface area contributed by atoms with E-state index in [1.54, 1.807) is 31.1 Å². The van der Waals surface area contributed by atoms with Gasteiger partial charge < -0.3 is 4.57 Å². The van der Waals surface area contributed by atoms with Gasteiger partial charge in [-0.3, -0.25) is 14.3 Å². The van der Waals surface area contributed by atoms with Crippen LogP contribution < -0.4 is 10.3 Å². The van der Waals surface area contributed by atoms with Gasteiger partial charge in [0.2, 0.25) is 0 Å². The van der Waals surface area contributed by atoms with Crippen molar-refractivity contribution in [3.63, 3.8) is 0 Å². The Balaban J connectivity index is 2.24. The Bertz CT molecular complexity index is 1140. The van der Waals surface area contributed by atoms with Crippen LogP contribution in [0, 0.1) is 5.82 Å². The van der Waals surface area contributed by atoms with Gasteiger partial charge in [0.1, 0.15) is 5.82 Å². The highest BCUT2D eigenvalue weighted by Gasteiger charge is 2.20. The predicted molar refractivity (Wildman–Crippen MR) is 129 cm³/mol. The van der Waals surface area contributed by atoms with Crippen molar-refractivity contribution in [2.45, 2.75) is 25.6 Å². The van der Waals surface area contributed by atoms with Crippen LogP contribution in [0.5, 0.6) is 0 Å². The van der Waals surface area contributed by atoms with E-state index in [1.165, 1.54) is 28.8 Å². The Morgan fingerprint density at radius 2 is 1.87 bits per heavy atom. The standard InChI is InChI=1S/C24H25FN2O2S2/c1-4-31-14-16-5-10-19(24(29)17-6-8-18(25)9-7-17)21(11-16)22-13-27(3)23(28)12-20(22)15(2)26-30/h5-13,15,26,30H,4,14H2,1-3H3. The highest BCUT2D eigenvalue weighted by atomic mass is 32.2. The topological polar surface area (TPSA) is 51.1 Å². The van der Waals surface area contributed by atoms with Crippen LogP contribution in [-0.4, -0.2) is 16.1 Å². The first-order valence-electron chi connectivity index (χ1n) is 9.97. The summed E-state index contributed by atoms with van der Waals surface area (Å²) < 4.78 is 17.8. The van der Waals surface area contributed by atoms with Crippen LogP contribution >= 0.6 is 24.6 Å². The van der Waals surface area contributed by atoms with Gasteiger partial charge in [-0.15, -0.1) is 0 Å². The molecular formula is C24H25FN2O2S2. The number of hydrogen-bond donors (Lipinski definition) is 2. The number of aromatic nitrogens is 1. The largest absolute Gasteiger partial charge is 0.318 e. The maximum Gasteiger partial charge on any atom is 0.250 e. The third-order valence-corrected chi connectivity index (χ3v) is 6.45. The zero-order valence-electron chi connectivity index (χ0n) is 17.7. The first kappa shape index (κ1) is 23.3. The first-order valence-corrected chi connectivity index (χ1v) is 11.6. The Morgan fingerprint density at radius 1 is 1.16 bits per heavy atom. The number of ketones is 1. The minimum Gasteiger partial charge on any atom is -0.318 e. The summed E-state index contributed by atoms with van der Waals surface area (Å²) >= 11 is 5.97. The summed E-state index contributed by atoms with van der Waals surface area (Å²) in [4.78, 5) is 25.7. The molecule has 2 aromatic carbocycles. The fraction of sp³-hybridized carbons (Fsp3) is 0.250. The Kier molecular flexibility index (Phi) is 7.75. The highest BCUT2D eigenvalue weighted by Crippen LogP contribution is 2.33. The molecule has 0 aliphatic heterocycles. The fourth-order valence-electron chi connectivity index (χ4n) is 3.38. The molecule has 3 aromatic rings. The molecule has 0 saturated heterocycles. The number of thiol groups is 1. The molecule has 0 aliphatic carbocycles. The second-order valence-electron chi connectivity index (χ2n) is 7.30. The van der Waals surface area contributed by atoms with E-state index in [0.29, 0.717) is 11.1 Å². The molecular weight excluding hydrogens is 431 g/mol. The minimum absolute atomic E-state index is 0.140. The van der Waals surface area contributed by atoms with Crippen molar-refractivity contribution >= 4 is 30.4 Å². The minimum atomic E-state index is -0.391. The van der Waals surface area contributed by atoms with Gasteiger partial charge in [0.15, 0.2) is 5.78 Å². The summed E-state index contributed by atoms with van der Waals surface area (Å²) in [6, 6.07) is 12.7. The molecule has 0 aliphatic rings. The average Bonchev–Trinajstić information content (AvgIpc) is 2.78. The molecule has 0 bridgehead atoms. The Hall–Kier alpha value is -2.35. The Labute approximate surface area is 191 Å². The maximum absolute atomic E-state index is 13.4. The summed E-state index contributed by atoms with van der Waals surface area (Å²) in [6.07, 6.45) is 1.76. The van der Waals surface area contributed by atoms with Crippen molar-refractivity contribution in [2.24, 2.45) is 7.05 Å². The monoisotopic (exact) mass is 456 g/mol. The molecule has 1 N–H and O–H groups in total. The van der Waals surface area contributed by atoms with Gasteiger partial charge in [-0.25, -0.2) is 4.39 Å². The second-order valence-corrected chi connectivity index (χ2v) is 8.83. The zero-order valence-corrected chi connectivity index (χ0v) is 19.4. The number of nitrogens with one attached hydrogen (secondary N) is 1. The van der Waals surface area contributed by atoms with Crippen molar-refractivity contribution in [2.75, 3.05) is 5.75 Å². The quantitative estimate of drug-likeness (QED) is 0.363. The molecule has 162 valence electrons. The number of pyridine rings is 1. The number of halogens is 1. The molecule has 1 unspecified atom stereocenters. The number of carbonyl (C=O) groups is 1. The van der Waals surface area contributed by atoms with Crippen LogP contribution in [-0.2, 0) is 12.8 Å². The van der Waals surface area contributed by atoms with Gasteiger partial charge in [-0.2, -0.15) is 11.8 Å². The first-order chi connectivity index (χ1) is 14.8. The Morgan fingerprint density at radius 3 is 2.52 bits per heavy atom. The van der Waals surface area contributed by atoms with E-state index in [-0.39, 0.29) is 17.4 Å². The zero-order chi connectivity index (χ0) is 22.5. The van der Waals surface area contributed by atoms with Crippen molar-refractivity contribution in [1.82, 2.24) is 9.29 Å². The van der Waals surface area contributed by atoms with E-state index in [9.17, 15) is 14.0 Å². The van der Waals surface area contributed by atoms with Crippen LogP contribution in [0.4, 0.5) is 4.39 Å². The molecule has 0 radical (unpaired) electrons. The highest BCUT2D eigenvalue weighted by molar-refractivity contribution is 7.98. The molecule has 3 rings (SSSR count). The van der Waals surface area contributed by atoms with E-state index >= 15 is 0 Å². The van der Waals surface area contributed by atoms with Gasteiger partial charge in [-0.05, 0) is 59.7 Å². The third-order valence-electron chi connectivity index (χ3n) is 5.12. The van der Waals surface area contributed by atoms with E-state index in [4.69, 9.17) is 0 Å². The molecule has 4 nitrogen and oxygen atoms in total. The van der Waals surface area contributed by atoms with Crippen molar-refractivity contribution < 1.29 is 9.18 Å². The summed E-state index contributed by atoms with van der Waals surface area (Å²) in [7, 11) is 1.69. The lowest BCUT2D eigenvalue weighted by Gasteiger charge is -2.19. The van der Waals surface area contributed by atoms with Gasteiger partial charge in [0.05, 0.1) is 0 Å². The number of aryl methyl sites for hydroxylation is 1. The second kappa shape index (κ2) is 10.3. The lowest BCUT2D eigenvalue weighted by Crippen LogP contribution is -2.20. The number of thioether (sulfide) groups is 1. The van der Waals surface area contributed by atoms with Crippen LogP contribution in [0.25, 0.3) is 11.1 Å². The fourth-order valence-corrected chi connectivity index (χ4v) is 4.13. The predicted octanol–water partition coefficient (Wildman–Crippen LogP) is 5.17. The van der Waals surface area contributed by atoms with Crippen LogP contribution in [0.15, 0.2) is 59.5 Å². The maximum atomic E-state index is 13.4. The molecule has 7 heteroatoms. The van der Waals surface area contributed by atoms with Crippen molar-refractivity contribution in [3.8, 4) is 11.1 Å². The van der Waals surface area contributed by atoms with E-state index in [0.717, 1.165) is 33.8 Å². The molecule has 1 aromatic heterocycles. The summed E-state index contributed by atoms with van der Waals surface area (Å²) in [5.74, 6) is 1.21. The molecule has 0 fully saturated rings. The van der Waals surface area contributed by atoms with E-state index in [1.807, 2.05) is 25.1 Å². The number of hydrogen-bond acceptors (Lipinski definition) is 5. The molecule has 0 amide bonds. The number of nitrogens with zero attached hydrogens (tertiary/aromatic N) is 1. The smallest absolute Gasteiger partial charge is 0.250 e. The van der Waals surface area contributed by atoms with Crippen LogP contribution in [0.1, 0.15) is 46.9 Å². The van der Waals surface area contributed by atoms with E-state index < -0.39 is 5.82 Å². The van der Waals surface area contributed by atoms with Crippen molar-refractivity contribution in [3.05, 3.63) is 93.2 Å². The molecule has 1 heterocycles. The third kappa shape index (κ3) is 5.29. The number of carbonyl (C=O) groups excluding carboxylic acids is 1. The summed E-state index contributed by atoms with van der Waals surface area (Å²) in [5, 5.41) is 0. The molecule has 1 atom stereocenters. The van der Waals surface area contributed by atoms with Crippen LogP contribution in [0.2, 0.25) is 0 Å². The summed E-state index contributed by atoms with van der Waals surface area (Å²) in [6.45, 7) is 4.01. The van der Waals surface area contributed by atoms with E-state index in [2.05, 4.69) is 24.5 Å².